The molecule has 3 rings (SSSR count). The summed E-state index contributed by atoms with van der Waals surface area (Å²) in [7, 11) is 0. The molecule has 0 aromatic carbocycles. The first-order chi connectivity index (χ1) is 12.3. The maximum Gasteiger partial charge on any atom is 0.191 e. The average molecular weight is 361 g/mol. The molecule has 0 atom stereocenters. The van der Waals surface area contributed by atoms with Gasteiger partial charge in [0.25, 0.3) is 0 Å². The van der Waals surface area contributed by atoms with E-state index in [1.807, 2.05) is 0 Å². The van der Waals surface area contributed by atoms with Crippen LogP contribution in [-0.2, 0) is 19.5 Å². The van der Waals surface area contributed by atoms with Crippen LogP contribution in [0.15, 0.2) is 28.8 Å². The van der Waals surface area contributed by atoms with Crippen molar-refractivity contribution in [2.24, 2.45) is 4.99 Å². The highest BCUT2D eigenvalue weighted by atomic mass is 32.1. The van der Waals surface area contributed by atoms with E-state index in [9.17, 15) is 0 Å². The average Bonchev–Trinajstić information content (AvgIpc) is 3.32. The van der Waals surface area contributed by atoms with Crippen molar-refractivity contribution in [2.75, 3.05) is 6.54 Å². The van der Waals surface area contributed by atoms with Crippen LogP contribution in [0.1, 0.15) is 49.7 Å². The zero-order valence-corrected chi connectivity index (χ0v) is 15.8. The third-order valence-corrected chi connectivity index (χ3v) is 5.44. The van der Waals surface area contributed by atoms with Gasteiger partial charge in [0.2, 0.25) is 0 Å². The molecule has 0 bridgehead atoms. The second-order valence-corrected chi connectivity index (χ2v) is 7.48. The van der Waals surface area contributed by atoms with Crippen LogP contribution in [0.4, 0.5) is 0 Å². The van der Waals surface area contributed by atoms with Crippen LogP contribution in [0.25, 0.3) is 0 Å². The van der Waals surface area contributed by atoms with Gasteiger partial charge in [0.15, 0.2) is 5.96 Å². The van der Waals surface area contributed by atoms with Gasteiger partial charge in [0, 0.05) is 30.4 Å². The summed E-state index contributed by atoms with van der Waals surface area (Å²) in [6.07, 6.45) is 9.18. The van der Waals surface area contributed by atoms with Crippen LogP contribution >= 0.6 is 11.3 Å². The quantitative estimate of drug-likeness (QED) is 0.588. The fourth-order valence-corrected chi connectivity index (χ4v) is 3.81. The molecule has 2 aromatic heterocycles. The molecule has 2 aromatic rings. The molecule has 0 amide bonds. The number of hydrogen-bond acceptors (Lipinski definition) is 4. The van der Waals surface area contributed by atoms with E-state index in [1.54, 1.807) is 17.7 Å². The van der Waals surface area contributed by atoms with E-state index in [4.69, 9.17) is 4.99 Å². The van der Waals surface area contributed by atoms with Crippen LogP contribution in [0.5, 0.6) is 0 Å². The molecular weight excluding hydrogens is 332 g/mol. The van der Waals surface area contributed by atoms with Crippen molar-refractivity contribution in [2.45, 2.75) is 64.6 Å². The Bertz CT molecular complexity index is 642. The molecule has 0 saturated heterocycles. The minimum atomic E-state index is 0.546. The van der Waals surface area contributed by atoms with Gasteiger partial charge in [-0.2, -0.15) is 0 Å². The molecule has 2 heterocycles. The lowest BCUT2D eigenvalue weighted by Crippen LogP contribution is -2.45. The summed E-state index contributed by atoms with van der Waals surface area (Å²) in [5, 5.41) is 17.4. The molecule has 1 aliphatic carbocycles. The van der Waals surface area contributed by atoms with Gasteiger partial charge in [-0.15, -0.1) is 21.5 Å². The van der Waals surface area contributed by atoms with E-state index in [1.165, 1.54) is 37.0 Å². The summed E-state index contributed by atoms with van der Waals surface area (Å²) < 4.78 is 2.10. The Morgan fingerprint density at radius 3 is 3.00 bits per heavy atom. The summed E-state index contributed by atoms with van der Waals surface area (Å²) in [5.41, 5.74) is 0. The van der Waals surface area contributed by atoms with Gasteiger partial charge in [-0.3, -0.25) is 0 Å². The van der Waals surface area contributed by atoms with Crippen molar-refractivity contribution < 1.29 is 0 Å². The van der Waals surface area contributed by atoms with Gasteiger partial charge in [0.05, 0.1) is 6.54 Å². The van der Waals surface area contributed by atoms with Crippen LogP contribution in [-0.4, -0.2) is 33.3 Å². The predicted molar refractivity (Wildman–Crippen MR) is 103 cm³/mol. The van der Waals surface area contributed by atoms with Crippen molar-refractivity contribution in [3.63, 3.8) is 0 Å². The summed E-state index contributed by atoms with van der Waals surface area (Å²) in [4.78, 5) is 6.07. The van der Waals surface area contributed by atoms with Gasteiger partial charge < -0.3 is 15.2 Å². The molecule has 136 valence electrons. The SMILES string of the molecule is CCc1nncn1CCNC(=NCc1cccs1)NC1CCCCC1. The Labute approximate surface area is 153 Å². The van der Waals surface area contributed by atoms with Crippen molar-refractivity contribution in [1.29, 1.82) is 0 Å². The largest absolute Gasteiger partial charge is 0.355 e. The van der Waals surface area contributed by atoms with Gasteiger partial charge in [-0.25, -0.2) is 4.99 Å². The number of aromatic nitrogens is 3. The van der Waals surface area contributed by atoms with E-state index in [-0.39, 0.29) is 0 Å². The third kappa shape index (κ3) is 5.56. The number of nitrogens with zero attached hydrogens (tertiary/aromatic N) is 4. The Morgan fingerprint density at radius 2 is 2.24 bits per heavy atom. The lowest BCUT2D eigenvalue weighted by molar-refractivity contribution is 0.409. The molecule has 1 aliphatic rings. The lowest BCUT2D eigenvalue weighted by atomic mass is 9.96. The topological polar surface area (TPSA) is 67.1 Å². The van der Waals surface area contributed by atoms with Crippen LogP contribution in [0, 0.1) is 0 Å². The molecule has 2 N–H and O–H groups in total. The summed E-state index contributed by atoms with van der Waals surface area (Å²) in [6, 6.07) is 4.76. The molecule has 0 unspecified atom stereocenters. The Kier molecular flexibility index (Phi) is 6.85. The Balaban J connectivity index is 1.55. The van der Waals surface area contributed by atoms with Crippen molar-refractivity contribution in [3.05, 3.63) is 34.5 Å². The summed E-state index contributed by atoms with van der Waals surface area (Å²) in [6.45, 7) is 4.49. The third-order valence-electron chi connectivity index (χ3n) is 4.58. The Hall–Kier alpha value is -1.89. The molecule has 7 heteroatoms. The first-order valence-corrected chi connectivity index (χ1v) is 10.2. The number of guanidine groups is 1. The second kappa shape index (κ2) is 9.56. The fourth-order valence-electron chi connectivity index (χ4n) is 3.19. The first-order valence-electron chi connectivity index (χ1n) is 9.29. The predicted octanol–water partition coefficient (Wildman–Crippen LogP) is 2.97. The molecular formula is C18H28N6S. The van der Waals surface area contributed by atoms with E-state index >= 15 is 0 Å². The molecule has 0 spiro atoms. The lowest BCUT2D eigenvalue weighted by Gasteiger charge is -2.25. The molecule has 0 aliphatic heterocycles. The van der Waals surface area contributed by atoms with E-state index < -0.39 is 0 Å². The number of hydrogen-bond donors (Lipinski definition) is 2. The highest BCUT2D eigenvalue weighted by molar-refractivity contribution is 7.09. The van der Waals surface area contributed by atoms with E-state index in [2.05, 4.69) is 49.8 Å². The van der Waals surface area contributed by atoms with Crippen LogP contribution < -0.4 is 10.6 Å². The maximum absolute atomic E-state index is 4.79. The monoisotopic (exact) mass is 360 g/mol. The molecule has 1 fully saturated rings. The number of aliphatic imine (C=N–C) groups is 1. The summed E-state index contributed by atoms with van der Waals surface area (Å²) in [5.74, 6) is 1.95. The van der Waals surface area contributed by atoms with E-state index in [0.717, 1.165) is 37.8 Å². The maximum atomic E-state index is 4.79. The second-order valence-electron chi connectivity index (χ2n) is 6.44. The summed E-state index contributed by atoms with van der Waals surface area (Å²) >= 11 is 1.75. The zero-order chi connectivity index (χ0) is 17.3. The van der Waals surface area contributed by atoms with Crippen molar-refractivity contribution >= 4 is 17.3 Å². The minimum absolute atomic E-state index is 0.546. The van der Waals surface area contributed by atoms with Gasteiger partial charge in [0.1, 0.15) is 12.2 Å². The van der Waals surface area contributed by atoms with Crippen molar-refractivity contribution in [1.82, 2.24) is 25.4 Å². The highest BCUT2D eigenvalue weighted by Gasteiger charge is 2.14. The molecule has 25 heavy (non-hydrogen) atoms. The van der Waals surface area contributed by atoms with Gasteiger partial charge >= 0.3 is 0 Å². The molecule has 6 nitrogen and oxygen atoms in total. The molecule has 0 radical (unpaired) electrons. The van der Waals surface area contributed by atoms with E-state index in [0.29, 0.717) is 6.04 Å². The standard InChI is InChI=1S/C18H28N6S/c1-2-17-23-21-14-24(17)11-10-19-18(20-13-16-9-6-12-25-16)22-15-7-4-3-5-8-15/h6,9,12,14-15H,2-5,7-8,10-11,13H2,1H3,(H2,19,20,22). The first kappa shape index (κ1) is 17.9. The Morgan fingerprint density at radius 1 is 1.36 bits per heavy atom. The number of rotatable bonds is 7. The van der Waals surface area contributed by atoms with Gasteiger partial charge in [-0.1, -0.05) is 32.3 Å². The van der Waals surface area contributed by atoms with Crippen molar-refractivity contribution in [3.8, 4) is 0 Å². The van der Waals surface area contributed by atoms with Crippen LogP contribution in [0.2, 0.25) is 0 Å². The normalized spacial score (nSPS) is 16.1. The number of thiophene rings is 1. The van der Waals surface area contributed by atoms with Gasteiger partial charge in [-0.05, 0) is 24.3 Å². The highest BCUT2D eigenvalue weighted by Crippen LogP contribution is 2.17. The smallest absolute Gasteiger partial charge is 0.191 e. The van der Waals surface area contributed by atoms with Crippen LogP contribution in [0.3, 0.4) is 0 Å². The fraction of sp³-hybridized carbons (Fsp3) is 0.611. The zero-order valence-electron chi connectivity index (χ0n) is 14.9. The minimum Gasteiger partial charge on any atom is -0.355 e. The number of nitrogens with one attached hydrogen (secondary N) is 2. The molecule has 1 saturated carbocycles. The number of aryl methyl sites for hydroxylation is 1.